The zero-order valence-corrected chi connectivity index (χ0v) is 27.1. The molecular weight excluding hydrogens is 599 g/mol. The van der Waals surface area contributed by atoms with E-state index in [1.807, 2.05) is 24.0 Å². The van der Waals surface area contributed by atoms with Gasteiger partial charge in [-0.2, -0.15) is 10.2 Å². The number of aromatic hydroxyl groups is 1. The van der Waals surface area contributed by atoms with Crippen molar-refractivity contribution in [3.8, 4) is 11.5 Å². The molecule has 0 aliphatic rings. The van der Waals surface area contributed by atoms with E-state index in [0.29, 0.717) is 48.6 Å². The number of rotatable bonds is 13. The van der Waals surface area contributed by atoms with Gasteiger partial charge in [-0.15, -0.1) is 10.2 Å². The van der Waals surface area contributed by atoms with Crippen molar-refractivity contribution < 1.29 is 62.6 Å². The number of phenols is 1. The Morgan fingerprint density at radius 3 is 2.18 bits per heavy atom. The quantitative estimate of drug-likeness (QED) is 0.0740. The third-order valence-corrected chi connectivity index (χ3v) is 7.09. The first-order valence-corrected chi connectivity index (χ1v) is 14.7. The third-order valence-electron chi connectivity index (χ3n) is 6.24. The fraction of sp³-hybridized carbons (Fsp3) is 0.241. The minimum Gasteiger partial charge on any atom is -0.744 e. The summed E-state index contributed by atoms with van der Waals surface area (Å²) < 4.78 is 41.9. The molecule has 0 radical (unpaired) electrons. The predicted molar refractivity (Wildman–Crippen MR) is 161 cm³/mol. The molecule has 15 heteroatoms. The van der Waals surface area contributed by atoms with Crippen molar-refractivity contribution in [1.29, 1.82) is 0 Å². The average molecular weight is 631 g/mol. The maximum Gasteiger partial charge on any atom is 1.00 e. The summed E-state index contributed by atoms with van der Waals surface area (Å²) in [5.74, 6) is -0.275. The van der Waals surface area contributed by atoms with Gasteiger partial charge in [0.15, 0.2) is 5.75 Å². The van der Waals surface area contributed by atoms with E-state index in [1.165, 1.54) is 24.3 Å². The summed E-state index contributed by atoms with van der Waals surface area (Å²) in [6.45, 7) is 2.93. The average Bonchev–Trinajstić information content (AvgIpc) is 2.99. The van der Waals surface area contributed by atoms with Crippen LogP contribution >= 0.6 is 0 Å². The van der Waals surface area contributed by atoms with Gasteiger partial charge >= 0.3 is 29.6 Å². The number of fused-ring (bicyclic) bond motifs is 1. The summed E-state index contributed by atoms with van der Waals surface area (Å²) in [5, 5.41) is 46.4. The van der Waals surface area contributed by atoms with E-state index in [1.54, 1.807) is 24.3 Å². The van der Waals surface area contributed by atoms with Crippen LogP contribution in [0, 0.1) is 0 Å². The normalized spacial score (nSPS) is 11.7. The minimum atomic E-state index is -5.02. The molecule has 226 valence electrons. The van der Waals surface area contributed by atoms with Gasteiger partial charge in [0.05, 0.1) is 36.1 Å². The van der Waals surface area contributed by atoms with Crippen LogP contribution in [0.3, 0.4) is 0 Å². The second kappa shape index (κ2) is 15.9. The Labute approximate surface area is 276 Å². The molecule has 0 saturated carbocycles. The van der Waals surface area contributed by atoms with Crippen molar-refractivity contribution in [2.75, 3.05) is 43.5 Å². The number of nitrogens with two attached hydrogens (primary N) is 1. The number of nitrogens with zero attached hydrogens (tertiary/aromatic N) is 5. The minimum absolute atomic E-state index is 0. The van der Waals surface area contributed by atoms with E-state index in [2.05, 4.69) is 20.5 Å². The van der Waals surface area contributed by atoms with Crippen molar-refractivity contribution in [2.45, 2.75) is 18.2 Å². The van der Waals surface area contributed by atoms with Gasteiger partial charge in [-0.05, 0) is 66.4 Å². The Hall–Kier alpha value is -3.63. The summed E-state index contributed by atoms with van der Waals surface area (Å²) in [6.07, 6.45) is 0.684. The Kier molecular flexibility index (Phi) is 12.6. The first kappa shape index (κ1) is 34.9. The van der Waals surface area contributed by atoms with Gasteiger partial charge in [-0.1, -0.05) is 13.0 Å². The van der Waals surface area contributed by atoms with Crippen LogP contribution < -0.4 is 44.9 Å². The van der Waals surface area contributed by atoms with Crippen molar-refractivity contribution in [3.05, 3.63) is 66.7 Å². The fourth-order valence-corrected chi connectivity index (χ4v) is 4.83. The topological polar surface area (TPSA) is 206 Å². The van der Waals surface area contributed by atoms with Crippen molar-refractivity contribution in [2.24, 2.45) is 20.5 Å². The summed E-state index contributed by atoms with van der Waals surface area (Å²) in [5.41, 5.74) is 7.64. The van der Waals surface area contributed by atoms with Crippen LogP contribution in [0.4, 0.5) is 34.1 Å². The van der Waals surface area contributed by atoms with Gasteiger partial charge in [-0.25, -0.2) is 8.42 Å². The molecule has 0 bridgehead atoms. The van der Waals surface area contributed by atoms with Crippen molar-refractivity contribution >= 4 is 55.0 Å². The summed E-state index contributed by atoms with van der Waals surface area (Å²) in [7, 11) is -5.02. The first-order chi connectivity index (χ1) is 20.6. The van der Waals surface area contributed by atoms with Crippen LogP contribution in [0.2, 0.25) is 0 Å². The molecule has 0 heterocycles. The summed E-state index contributed by atoms with van der Waals surface area (Å²) >= 11 is 0. The number of azo groups is 2. The van der Waals surface area contributed by atoms with Crippen LogP contribution in [-0.4, -0.2) is 61.2 Å². The number of aliphatic hydroxyl groups excluding tert-OH is 2. The Morgan fingerprint density at radius 1 is 0.886 bits per heavy atom. The van der Waals surface area contributed by atoms with E-state index in [9.17, 15) is 28.3 Å². The number of hydrogen-bond acceptors (Lipinski definition) is 13. The van der Waals surface area contributed by atoms with E-state index in [4.69, 9.17) is 10.5 Å². The number of aliphatic hydroxyl groups is 2. The molecule has 0 unspecified atom stereocenters. The fourth-order valence-electron chi connectivity index (χ4n) is 4.18. The molecule has 13 nitrogen and oxygen atoms in total. The van der Waals surface area contributed by atoms with Gasteiger partial charge in [0.2, 0.25) is 0 Å². The molecule has 0 amide bonds. The Balaban J connectivity index is 0.00000529. The molecule has 4 aromatic rings. The molecule has 4 rings (SSSR count). The van der Waals surface area contributed by atoms with Crippen molar-refractivity contribution in [1.82, 2.24) is 0 Å². The molecule has 5 N–H and O–H groups in total. The van der Waals surface area contributed by atoms with Crippen LogP contribution in [0.5, 0.6) is 11.5 Å². The van der Waals surface area contributed by atoms with E-state index >= 15 is 0 Å². The van der Waals surface area contributed by atoms with Gasteiger partial charge < -0.3 is 35.2 Å². The van der Waals surface area contributed by atoms with Crippen molar-refractivity contribution in [3.63, 3.8) is 0 Å². The number of anilines is 2. The zero-order valence-electron chi connectivity index (χ0n) is 24.3. The molecule has 0 aliphatic carbocycles. The Bertz CT molecular complexity index is 1750. The molecule has 0 aromatic heterocycles. The van der Waals surface area contributed by atoms with Gasteiger partial charge in [0, 0.05) is 35.9 Å². The van der Waals surface area contributed by atoms with Crippen LogP contribution in [0.15, 0.2) is 92.1 Å². The molecule has 0 aliphatic heterocycles. The molecule has 4 aromatic carbocycles. The number of ether oxygens (including phenoxy) is 1. The van der Waals surface area contributed by atoms with E-state index < -0.39 is 26.5 Å². The molecule has 0 spiro atoms. The number of phenolic OH excluding ortho intramolecular Hbond substituents is 1. The van der Waals surface area contributed by atoms with Gasteiger partial charge in [0.1, 0.15) is 27.2 Å². The number of nitrogen functional groups attached to an aromatic ring is 1. The molecule has 0 saturated heterocycles. The van der Waals surface area contributed by atoms with E-state index in [0.717, 1.165) is 11.8 Å². The standard InChI is InChI=1S/C29H32N6O7S.Na/c1-2-15-42-26-18-22(32-31-21-5-8-23(9-6-21)35(11-13-36)12-14-37)7-10-25(26)33-34-28-27(43(39,40)41)16-19-3-4-20(30)17-24(19)29(28)38;/h3-10,16-18,36-38H,2,11-15,30H2,1H3,(H,39,40,41);/q;+1/p-1. The molecule has 0 atom stereocenters. The second-order valence-electron chi connectivity index (χ2n) is 9.36. The van der Waals surface area contributed by atoms with Gasteiger partial charge in [0.25, 0.3) is 0 Å². The molecular formula is C29H31N6NaO7S. The number of benzene rings is 4. The zero-order chi connectivity index (χ0) is 31.0. The maximum atomic E-state index is 12.0. The summed E-state index contributed by atoms with van der Waals surface area (Å²) in [6, 6.07) is 17.4. The summed E-state index contributed by atoms with van der Waals surface area (Å²) in [4.78, 5) is 1.11. The molecule has 0 fully saturated rings. The molecule has 44 heavy (non-hydrogen) atoms. The Morgan fingerprint density at radius 2 is 1.55 bits per heavy atom. The first-order valence-electron chi connectivity index (χ1n) is 13.3. The number of hydrogen-bond donors (Lipinski definition) is 4. The SMILES string of the molecule is CCCOc1cc(N=Nc2ccc(N(CCO)CCO)cc2)ccc1N=Nc1c(S(=O)(=O)[O-])cc2ccc(N)cc2c1O.[Na+]. The third kappa shape index (κ3) is 8.72. The smallest absolute Gasteiger partial charge is 0.744 e. The van der Waals surface area contributed by atoms with E-state index in [-0.39, 0.29) is 59.6 Å². The van der Waals surface area contributed by atoms with Gasteiger partial charge in [-0.3, -0.25) is 0 Å². The predicted octanol–water partition coefficient (Wildman–Crippen LogP) is 2.45. The largest absolute Gasteiger partial charge is 1.00 e. The van der Waals surface area contributed by atoms with Crippen LogP contribution in [0.25, 0.3) is 10.8 Å². The maximum absolute atomic E-state index is 12.0. The van der Waals surface area contributed by atoms with Crippen LogP contribution in [-0.2, 0) is 10.1 Å². The second-order valence-corrected chi connectivity index (χ2v) is 10.7. The monoisotopic (exact) mass is 630 g/mol. The van der Waals surface area contributed by atoms with Crippen LogP contribution in [0.1, 0.15) is 13.3 Å².